The first-order valence-corrected chi connectivity index (χ1v) is 10.2. The van der Waals surface area contributed by atoms with Gasteiger partial charge in [-0.15, -0.1) is 23.5 Å². The molecule has 134 valence electrons. The van der Waals surface area contributed by atoms with Crippen LogP contribution in [0.4, 0.5) is 13.2 Å². The average Bonchev–Trinajstić information content (AvgIpc) is 2.67. The van der Waals surface area contributed by atoms with Crippen LogP contribution >= 0.6 is 23.5 Å². The van der Waals surface area contributed by atoms with Gasteiger partial charge in [0.15, 0.2) is 0 Å². The number of alkyl halides is 3. The van der Waals surface area contributed by atoms with Crippen LogP contribution in [0.2, 0.25) is 0 Å². The Morgan fingerprint density at radius 1 is 0.692 bits per heavy atom. The third kappa shape index (κ3) is 4.24. The molecule has 0 amide bonds. The van der Waals surface area contributed by atoms with Crippen LogP contribution in [0.3, 0.4) is 0 Å². The van der Waals surface area contributed by atoms with E-state index in [2.05, 4.69) is 4.98 Å². The fourth-order valence-corrected chi connectivity index (χ4v) is 3.33. The summed E-state index contributed by atoms with van der Waals surface area (Å²) in [6.45, 7) is 0. The molecule has 2 aromatic carbocycles. The molecular formula is C20H16F3NS2. The predicted octanol–water partition coefficient (Wildman–Crippen LogP) is 6.88. The van der Waals surface area contributed by atoms with Gasteiger partial charge in [0.2, 0.25) is 0 Å². The van der Waals surface area contributed by atoms with Crippen LogP contribution in [0.15, 0.2) is 70.5 Å². The van der Waals surface area contributed by atoms with E-state index in [4.69, 9.17) is 0 Å². The maximum absolute atomic E-state index is 13.4. The Labute approximate surface area is 159 Å². The minimum atomic E-state index is -4.43. The Hall–Kier alpha value is -1.92. The van der Waals surface area contributed by atoms with Crippen molar-refractivity contribution in [1.29, 1.82) is 0 Å². The first-order valence-electron chi connectivity index (χ1n) is 7.79. The van der Waals surface area contributed by atoms with Gasteiger partial charge in [0.1, 0.15) is 0 Å². The van der Waals surface area contributed by atoms with Crippen molar-refractivity contribution in [1.82, 2.24) is 4.98 Å². The van der Waals surface area contributed by atoms with Gasteiger partial charge >= 0.3 is 6.18 Å². The van der Waals surface area contributed by atoms with Crippen LogP contribution in [0, 0.1) is 0 Å². The number of hydrogen-bond donors (Lipinski definition) is 0. The number of benzene rings is 2. The van der Waals surface area contributed by atoms with Crippen molar-refractivity contribution in [2.45, 2.75) is 16.0 Å². The molecule has 0 aliphatic carbocycles. The molecular weight excluding hydrogens is 375 g/mol. The minimum absolute atomic E-state index is 0.316. The Kier molecular flexibility index (Phi) is 5.63. The lowest BCUT2D eigenvalue weighted by Crippen LogP contribution is -2.06. The van der Waals surface area contributed by atoms with E-state index in [1.165, 1.54) is 0 Å². The lowest BCUT2D eigenvalue weighted by Gasteiger charge is -2.12. The second-order valence-electron chi connectivity index (χ2n) is 5.58. The highest BCUT2D eigenvalue weighted by Gasteiger charge is 2.31. The summed E-state index contributed by atoms with van der Waals surface area (Å²) in [7, 11) is 0. The molecule has 0 spiro atoms. The highest BCUT2D eigenvalue weighted by Crippen LogP contribution is 2.35. The van der Waals surface area contributed by atoms with Gasteiger partial charge in [-0.1, -0.05) is 24.3 Å². The number of nitrogens with zero attached hydrogens (tertiary/aromatic N) is 1. The van der Waals surface area contributed by atoms with Crippen LogP contribution in [0.1, 0.15) is 5.56 Å². The molecule has 0 N–H and O–H groups in total. The second-order valence-corrected chi connectivity index (χ2v) is 7.34. The van der Waals surface area contributed by atoms with Gasteiger partial charge in [0.25, 0.3) is 0 Å². The van der Waals surface area contributed by atoms with E-state index >= 15 is 0 Å². The van der Waals surface area contributed by atoms with Crippen molar-refractivity contribution in [2.24, 2.45) is 0 Å². The highest BCUT2D eigenvalue weighted by atomic mass is 32.2. The normalized spacial score (nSPS) is 11.6. The molecule has 3 aromatic rings. The minimum Gasteiger partial charge on any atom is -0.248 e. The standard InChI is InChI=1S/C20H16F3NS2/c1-25-16-7-3-13(4-8-16)18-11-15(20(21,22)23)12-19(24-18)14-5-9-17(26-2)10-6-14/h3-12H,1-2H3. The molecule has 1 aromatic heterocycles. The van der Waals surface area contributed by atoms with E-state index in [0.717, 1.165) is 21.9 Å². The zero-order valence-electron chi connectivity index (χ0n) is 14.2. The Morgan fingerprint density at radius 2 is 1.08 bits per heavy atom. The molecule has 0 aliphatic rings. The summed E-state index contributed by atoms with van der Waals surface area (Å²) in [5.74, 6) is 0. The zero-order chi connectivity index (χ0) is 18.7. The van der Waals surface area contributed by atoms with E-state index in [-0.39, 0.29) is 0 Å². The molecule has 0 bridgehead atoms. The molecule has 0 saturated heterocycles. The van der Waals surface area contributed by atoms with Gasteiger partial charge in [-0.2, -0.15) is 13.2 Å². The Morgan fingerprint density at radius 3 is 1.38 bits per heavy atom. The summed E-state index contributed by atoms with van der Waals surface area (Å²) >= 11 is 3.16. The number of rotatable bonds is 4. The zero-order valence-corrected chi connectivity index (χ0v) is 15.8. The van der Waals surface area contributed by atoms with Crippen molar-refractivity contribution in [3.8, 4) is 22.5 Å². The number of thioether (sulfide) groups is 2. The fraction of sp³-hybridized carbons (Fsp3) is 0.150. The fourth-order valence-electron chi connectivity index (χ4n) is 2.51. The largest absolute Gasteiger partial charge is 0.416 e. The molecule has 3 rings (SSSR count). The van der Waals surface area contributed by atoms with Gasteiger partial charge in [-0.05, 0) is 48.9 Å². The van der Waals surface area contributed by atoms with Crippen LogP contribution in [0.25, 0.3) is 22.5 Å². The number of pyridine rings is 1. The quantitative estimate of drug-likeness (QED) is 0.450. The molecule has 0 radical (unpaired) electrons. The molecule has 6 heteroatoms. The van der Waals surface area contributed by atoms with E-state index < -0.39 is 11.7 Å². The highest BCUT2D eigenvalue weighted by molar-refractivity contribution is 7.98. The summed E-state index contributed by atoms with van der Waals surface area (Å²) in [6, 6.07) is 16.9. The number of hydrogen-bond acceptors (Lipinski definition) is 3. The third-order valence-electron chi connectivity index (χ3n) is 3.92. The third-order valence-corrected chi connectivity index (χ3v) is 5.41. The topological polar surface area (TPSA) is 12.9 Å². The molecule has 0 unspecified atom stereocenters. The van der Waals surface area contributed by atoms with Crippen LogP contribution in [-0.2, 0) is 6.18 Å². The van der Waals surface area contributed by atoms with Crippen molar-refractivity contribution < 1.29 is 13.2 Å². The number of aromatic nitrogens is 1. The summed E-state index contributed by atoms with van der Waals surface area (Å²) in [4.78, 5) is 6.58. The smallest absolute Gasteiger partial charge is 0.248 e. The first-order chi connectivity index (χ1) is 12.4. The maximum atomic E-state index is 13.4. The van der Waals surface area contributed by atoms with Gasteiger partial charge < -0.3 is 0 Å². The van der Waals surface area contributed by atoms with E-state index in [1.54, 1.807) is 47.8 Å². The molecule has 1 heterocycles. The number of halogens is 3. The van der Waals surface area contributed by atoms with Crippen LogP contribution in [-0.4, -0.2) is 17.5 Å². The predicted molar refractivity (Wildman–Crippen MR) is 104 cm³/mol. The summed E-state index contributed by atoms with van der Waals surface area (Å²) in [5.41, 5.74) is 1.26. The summed E-state index contributed by atoms with van der Waals surface area (Å²) in [5, 5.41) is 0. The molecule has 0 saturated carbocycles. The van der Waals surface area contributed by atoms with Crippen molar-refractivity contribution >= 4 is 23.5 Å². The Bertz CT molecular complexity index is 823. The molecule has 0 atom stereocenters. The lowest BCUT2D eigenvalue weighted by atomic mass is 10.0. The van der Waals surface area contributed by atoms with E-state index in [9.17, 15) is 13.2 Å². The first kappa shape index (κ1) is 18.9. The van der Waals surface area contributed by atoms with Crippen LogP contribution < -0.4 is 0 Å². The average molecular weight is 391 g/mol. The molecule has 0 fully saturated rings. The van der Waals surface area contributed by atoms with Gasteiger partial charge in [-0.3, -0.25) is 0 Å². The van der Waals surface area contributed by atoms with Gasteiger partial charge in [0, 0.05) is 20.9 Å². The maximum Gasteiger partial charge on any atom is 0.416 e. The van der Waals surface area contributed by atoms with Gasteiger partial charge in [0.05, 0.1) is 17.0 Å². The molecule has 1 nitrogen and oxygen atoms in total. The summed E-state index contributed by atoms with van der Waals surface area (Å²) < 4.78 is 40.1. The van der Waals surface area contributed by atoms with E-state index in [1.807, 2.05) is 36.8 Å². The molecule has 0 aliphatic heterocycles. The Balaban J connectivity index is 2.11. The molecule has 26 heavy (non-hydrogen) atoms. The van der Waals surface area contributed by atoms with Crippen molar-refractivity contribution in [3.63, 3.8) is 0 Å². The SMILES string of the molecule is CSc1ccc(-c2cc(C(F)(F)F)cc(-c3ccc(SC)cc3)n2)cc1. The van der Waals surface area contributed by atoms with Crippen molar-refractivity contribution in [2.75, 3.05) is 12.5 Å². The van der Waals surface area contributed by atoms with Gasteiger partial charge in [-0.25, -0.2) is 4.98 Å². The van der Waals surface area contributed by atoms with Crippen LogP contribution in [0.5, 0.6) is 0 Å². The van der Waals surface area contributed by atoms with E-state index in [0.29, 0.717) is 22.5 Å². The lowest BCUT2D eigenvalue weighted by molar-refractivity contribution is -0.137. The van der Waals surface area contributed by atoms with Crippen molar-refractivity contribution in [3.05, 3.63) is 66.2 Å². The second kappa shape index (κ2) is 7.76. The monoisotopic (exact) mass is 391 g/mol. The summed E-state index contributed by atoms with van der Waals surface area (Å²) in [6.07, 6.45) is -0.521.